The van der Waals surface area contributed by atoms with Crippen molar-refractivity contribution < 1.29 is 27.5 Å². The third-order valence-electron chi connectivity index (χ3n) is 6.48. The summed E-state index contributed by atoms with van der Waals surface area (Å²) in [4.78, 5) is 25.7. The number of methoxy groups -OCH3 is 1. The Morgan fingerprint density at radius 1 is 1.09 bits per heavy atom. The van der Waals surface area contributed by atoms with Gasteiger partial charge in [-0.15, -0.1) is 0 Å². The number of hydrogen-bond acceptors (Lipinski definition) is 3. The number of nitrogens with zero attached hydrogens (tertiary/aromatic N) is 1. The minimum Gasteiger partial charge on any atom is -0.467 e. The number of amides is 1. The van der Waals surface area contributed by atoms with E-state index in [9.17, 15) is 22.8 Å². The minimum atomic E-state index is -4.61. The number of ether oxygens (including phenoxy) is 1. The van der Waals surface area contributed by atoms with Gasteiger partial charge in [-0.05, 0) is 67.3 Å². The summed E-state index contributed by atoms with van der Waals surface area (Å²) in [5.74, 6) is -0.730. The van der Waals surface area contributed by atoms with Crippen LogP contribution in [-0.4, -0.2) is 29.1 Å². The lowest BCUT2D eigenvalue weighted by Crippen LogP contribution is -2.56. The third kappa shape index (κ3) is 4.34. The molecule has 4 rings (SSSR count). The van der Waals surface area contributed by atoms with E-state index in [1.165, 1.54) is 17.7 Å². The largest absolute Gasteiger partial charge is 0.467 e. The van der Waals surface area contributed by atoms with E-state index in [0.717, 1.165) is 30.4 Å². The molecule has 1 aromatic heterocycles. The maximum absolute atomic E-state index is 13.8. The van der Waals surface area contributed by atoms with Crippen LogP contribution in [0.25, 0.3) is 16.6 Å². The summed E-state index contributed by atoms with van der Waals surface area (Å²) in [6.07, 6.45) is -0.742. The molecule has 0 saturated heterocycles. The molecule has 3 aromatic rings. The van der Waals surface area contributed by atoms with Crippen molar-refractivity contribution in [1.82, 2.24) is 9.88 Å². The monoisotopic (exact) mass is 458 g/mol. The van der Waals surface area contributed by atoms with Gasteiger partial charge in [0, 0.05) is 11.8 Å². The van der Waals surface area contributed by atoms with Gasteiger partial charge < -0.3 is 14.6 Å². The van der Waals surface area contributed by atoms with Crippen molar-refractivity contribution in [3.63, 3.8) is 0 Å². The van der Waals surface area contributed by atoms with E-state index in [1.54, 1.807) is 36.5 Å². The van der Waals surface area contributed by atoms with E-state index in [4.69, 9.17) is 4.74 Å². The number of para-hydroxylation sites is 1. The highest BCUT2D eigenvalue weighted by Gasteiger charge is 2.44. The predicted octanol–water partition coefficient (Wildman–Crippen LogP) is 5.50. The van der Waals surface area contributed by atoms with Crippen LogP contribution in [0.3, 0.4) is 0 Å². The number of aromatic nitrogens is 1. The standard InChI is InChI=1S/C25H25F3N2O3/c1-16-9-12-24(13-10-16,23(32)33-2)29-22(31)18-7-8-19(25(26,27)28)21(15-18)30-14-11-17-5-3-4-6-20(17)30/h3-8,11,14-16H,9-10,12-13H2,1-2H3,(H,29,31). The van der Waals surface area contributed by atoms with Crippen molar-refractivity contribution in [3.05, 3.63) is 65.9 Å². The van der Waals surface area contributed by atoms with Gasteiger partial charge in [-0.1, -0.05) is 25.1 Å². The smallest absolute Gasteiger partial charge is 0.418 e. The van der Waals surface area contributed by atoms with Crippen LogP contribution in [0.4, 0.5) is 13.2 Å². The van der Waals surface area contributed by atoms with Gasteiger partial charge in [-0.3, -0.25) is 4.79 Å². The predicted molar refractivity (Wildman–Crippen MR) is 118 cm³/mol. The summed E-state index contributed by atoms with van der Waals surface area (Å²) in [5.41, 5.74) is -1.55. The molecule has 0 unspecified atom stereocenters. The average Bonchev–Trinajstić information content (AvgIpc) is 3.23. The van der Waals surface area contributed by atoms with Crippen molar-refractivity contribution in [2.24, 2.45) is 5.92 Å². The van der Waals surface area contributed by atoms with Crippen molar-refractivity contribution in [2.75, 3.05) is 7.11 Å². The van der Waals surface area contributed by atoms with Crippen LogP contribution in [0, 0.1) is 5.92 Å². The highest BCUT2D eigenvalue weighted by Crippen LogP contribution is 2.37. The van der Waals surface area contributed by atoms with Gasteiger partial charge in [0.2, 0.25) is 0 Å². The Labute approximate surface area is 189 Å². The highest BCUT2D eigenvalue weighted by atomic mass is 19.4. The second kappa shape index (κ2) is 8.57. The number of nitrogens with one attached hydrogen (secondary N) is 1. The fourth-order valence-electron chi connectivity index (χ4n) is 4.52. The fourth-order valence-corrected chi connectivity index (χ4v) is 4.52. The zero-order valence-corrected chi connectivity index (χ0v) is 18.4. The number of rotatable bonds is 4. The first-order valence-electron chi connectivity index (χ1n) is 10.8. The van der Waals surface area contributed by atoms with Crippen molar-refractivity contribution >= 4 is 22.8 Å². The van der Waals surface area contributed by atoms with Crippen LogP contribution in [0.2, 0.25) is 0 Å². The van der Waals surface area contributed by atoms with Crippen LogP contribution in [0.5, 0.6) is 0 Å². The Hall–Kier alpha value is -3.29. The molecule has 8 heteroatoms. The SMILES string of the molecule is COC(=O)C1(NC(=O)c2ccc(C(F)(F)F)c(-n3ccc4ccccc43)c2)CCC(C)CC1. The summed E-state index contributed by atoms with van der Waals surface area (Å²) in [6.45, 7) is 2.08. The molecule has 1 heterocycles. The van der Waals surface area contributed by atoms with Gasteiger partial charge in [0.25, 0.3) is 5.91 Å². The molecule has 0 atom stereocenters. The van der Waals surface area contributed by atoms with E-state index in [-0.39, 0.29) is 11.3 Å². The lowest BCUT2D eigenvalue weighted by atomic mass is 9.77. The average molecular weight is 458 g/mol. The Bertz CT molecular complexity index is 1190. The molecular weight excluding hydrogens is 433 g/mol. The molecule has 1 N–H and O–H groups in total. The first-order chi connectivity index (χ1) is 15.6. The number of hydrogen-bond donors (Lipinski definition) is 1. The molecule has 174 valence electrons. The molecule has 0 bridgehead atoms. The molecule has 1 amide bonds. The summed E-state index contributed by atoms with van der Waals surface area (Å²) in [5, 5.41) is 3.56. The molecule has 1 aliphatic carbocycles. The minimum absolute atomic E-state index is 0.0395. The number of carbonyl (C=O) groups excluding carboxylic acids is 2. The second-order valence-corrected chi connectivity index (χ2v) is 8.68. The van der Waals surface area contributed by atoms with Crippen molar-refractivity contribution in [2.45, 2.75) is 44.3 Å². The summed E-state index contributed by atoms with van der Waals surface area (Å²) in [6, 6.07) is 12.1. The first kappa shape index (κ1) is 22.9. The Morgan fingerprint density at radius 3 is 2.45 bits per heavy atom. The molecule has 1 aliphatic rings. The van der Waals surface area contributed by atoms with E-state index in [1.807, 2.05) is 0 Å². The topological polar surface area (TPSA) is 60.3 Å². The van der Waals surface area contributed by atoms with E-state index in [0.29, 0.717) is 24.3 Å². The molecule has 1 saturated carbocycles. The molecule has 1 fully saturated rings. The van der Waals surface area contributed by atoms with E-state index >= 15 is 0 Å². The van der Waals surface area contributed by atoms with Gasteiger partial charge in [-0.25, -0.2) is 4.79 Å². The van der Waals surface area contributed by atoms with Gasteiger partial charge >= 0.3 is 12.1 Å². The summed E-state index contributed by atoms with van der Waals surface area (Å²) in [7, 11) is 1.27. The lowest BCUT2D eigenvalue weighted by molar-refractivity contribution is -0.150. The second-order valence-electron chi connectivity index (χ2n) is 8.68. The molecule has 5 nitrogen and oxygen atoms in total. The summed E-state index contributed by atoms with van der Waals surface area (Å²) < 4.78 is 47.8. The number of alkyl halides is 3. The quantitative estimate of drug-likeness (QED) is 0.525. The van der Waals surface area contributed by atoms with Crippen LogP contribution >= 0.6 is 0 Å². The molecule has 0 aliphatic heterocycles. The zero-order valence-electron chi connectivity index (χ0n) is 18.4. The Kier molecular flexibility index (Phi) is 5.95. The molecule has 0 spiro atoms. The lowest BCUT2D eigenvalue weighted by Gasteiger charge is -2.37. The van der Waals surface area contributed by atoms with Crippen LogP contribution in [0.1, 0.15) is 48.5 Å². The van der Waals surface area contributed by atoms with Crippen molar-refractivity contribution in [3.8, 4) is 5.69 Å². The number of esters is 1. The maximum atomic E-state index is 13.8. The van der Waals surface area contributed by atoms with Crippen LogP contribution in [-0.2, 0) is 15.7 Å². The first-order valence-corrected chi connectivity index (χ1v) is 10.8. The fraction of sp³-hybridized carbons (Fsp3) is 0.360. The number of carbonyl (C=O) groups is 2. The normalized spacial score (nSPS) is 21.1. The van der Waals surface area contributed by atoms with Gasteiger partial charge in [-0.2, -0.15) is 13.2 Å². The van der Waals surface area contributed by atoms with Gasteiger partial charge in [0.05, 0.1) is 23.9 Å². The molecule has 0 radical (unpaired) electrons. The number of benzene rings is 2. The molecule has 2 aromatic carbocycles. The zero-order chi connectivity index (χ0) is 23.8. The van der Waals surface area contributed by atoms with Crippen LogP contribution < -0.4 is 5.32 Å². The van der Waals surface area contributed by atoms with E-state index < -0.39 is 29.2 Å². The maximum Gasteiger partial charge on any atom is 0.418 e. The van der Waals surface area contributed by atoms with Crippen molar-refractivity contribution in [1.29, 1.82) is 0 Å². The summed E-state index contributed by atoms with van der Waals surface area (Å²) >= 11 is 0. The Morgan fingerprint density at radius 2 is 1.79 bits per heavy atom. The highest BCUT2D eigenvalue weighted by molar-refractivity contribution is 5.99. The van der Waals surface area contributed by atoms with Gasteiger partial charge in [0.1, 0.15) is 5.54 Å². The van der Waals surface area contributed by atoms with E-state index in [2.05, 4.69) is 12.2 Å². The number of halogens is 3. The number of fused-ring (bicyclic) bond motifs is 1. The third-order valence-corrected chi connectivity index (χ3v) is 6.48. The van der Waals surface area contributed by atoms with Crippen LogP contribution in [0.15, 0.2) is 54.7 Å². The Balaban J connectivity index is 1.75. The molecular formula is C25H25F3N2O3. The molecule has 33 heavy (non-hydrogen) atoms. The van der Waals surface area contributed by atoms with Gasteiger partial charge in [0.15, 0.2) is 0 Å².